The Balaban J connectivity index is 1.55. The SMILES string of the molecule is Cc1ccc(CC2(C)COc3cc(C(=O)N4CCCCC4)ccc32)cc1. The maximum atomic E-state index is 12.8. The lowest BCUT2D eigenvalue weighted by molar-refractivity contribution is 0.0724. The summed E-state index contributed by atoms with van der Waals surface area (Å²) < 4.78 is 6.02. The molecule has 1 unspecified atom stereocenters. The Bertz CT molecular complexity index is 805. The summed E-state index contributed by atoms with van der Waals surface area (Å²) in [4.78, 5) is 14.7. The Morgan fingerprint density at radius 2 is 1.81 bits per heavy atom. The lowest BCUT2D eigenvalue weighted by Crippen LogP contribution is -2.35. The molecule has 1 atom stereocenters. The number of likely N-dealkylation sites (tertiary alicyclic amines) is 1. The van der Waals surface area contributed by atoms with Crippen molar-refractivity contribution in [1.29, 1.82) is 0 Å². The number of fused-ring (bicyclic) bond motifs is 1. The zero-order valence-electron chi connectivity index (χ0n) is 15.8. The smallest absolute Gasteiger partial charge is 0.253 e. The van der Waals surface area contributed by atoms with Crippen LogP contribution in [0.1, 0.15) is 53.2 Å². The molecule has 136 valence electrons. The highest BCUT2D eigenvalue weighted by molar-refractivity contribution is 5.95. The zero-order valence-corrected chi connectivity index (χ0v) is 15.8. The van der Waals surface area contributed by atoms with Crippen molar-refractivity contribution in [3.63, 3.8) is 0 Å². The van der Waals surface area contributed by atoms with Gasteiger partial charge in [0, 0.05) is 29.6 Å². The lowest BCUT2D eigenvalue weighted by Gasteiger charge is -2.27. The molecule has 2 heterocycles. The summed E-state index contributed by atoms with van der Waals surface area (Å²) in [5.74, 6) is 1.02. The molecule has 2 aliphatic heterocycles. The summed E-state index contributed by atoms with van der Waals surface area (Å²) in [5, 5.41) is 0. The number of aryl methyl sites for hydroxylation is 1. The summed E-state index contributed by atoms with van der Waals surface area (Å²) in [6.07, 6.45) is 4.40. The van der Waals surface area contributed by atoms with E-state index in [1.165, 1.54) is 23.1 Å². The molecule has 1 saturated heterocycles. The van der Waals surface area contributed by atoms with Crippen molar-refractivity contribution in [2.24, 2.45) is 0 Å². The number of hydrogen-bond acceptors (Lipinski definition) is 2. The number of benzene rings is 2. The molecule has 26 heavy (non-hydrogen) atoms. The van der Waals surface area contributed by atoms with Gasteiger partial charge in [0.2, 0.25) is 0 Å². The van der Waals surface area contributed by atoms with Gasteiger partial charge in [-0.3, -0.25) is 4.79 Å². The normalized spacial score (nSPS) is 22.0. The van der Waals surface area contributed by atoms with Crippen LogP contribution >= 0.6 is 0 Å². The number of piperidine rings is 1. The van der Waals surface area contributed by atoms with Crippen LogP contribution in [0.15, 0.2) is 42.5 Å². The molecule has 2 aromatic carbocycles. The molecule has 0 saturated carbocycles. The van der Waals surface area contributed by atoms with Gasteiger partial charge in [0.25, 0.3) is 5.91 Å². The summed E-state index contributed by atoms with van der Waals surface area (Å²) in [6, 6.07) is 14.8. The second-order valence-electron chi connectivity index (χ2n) is 8.08. The van der Waals surface area contributed by atoms with Crippen LogP contribution in [0, 0.1) is 6.92 Å². The van der Waals surface area contributed by atoms with E-state index in [0.717, 1.165) is 43.7 Å². The minimum atomic E-state index is -0.0444. The summed E-state index contributed by atoms with van der Waals surface area (Å²) in [7, 11) is 0. The van der Waals surface area contributed by atoms with Gasteiger partial charge in [0.1, 0.15) is 5.75 Å². The molecule has 3 heteroatoms. The minimum Gasteiger partial charge on any atom is -0.492 e. The topological polar surface area (TPSA) is 29.5 Å². The van der Waals surface area contributed by atoms with E-state index in [9.17, 15) is 4.79 Å². The van der Waals surface area contributed by atoms with Crippen molar-refractivity contribution in [2.45, 2.75) is 44.9 Å². The third-order valence-corrected chi connectivity index (χ3v) is 5.78. The van der Waals surface area contributed by atoms with Gasteiger partial charge in [-0.25, -0.2) is 0 Å². The second kappa shape index (κ2) is 6.79. The van der Waals surface area contributed by atoms with Crippen LogP contribution in [0.25, 0.3) is 0 Å². The number of hydrogen-bond donors (Lipinski definition) is 0. The number of amides is 1. The van der Waals surface area contributed by atoms with Crippen LogP contribution in [0.5, 0.6) is 5.75 Å². The molecule has 0 spiro atoms. The molecular weight excluding hydrogens is 322 g/mol. The van der Waals surface area contributed by atoms with Gasteiger partial charge in [-0.2, -0.15) is 0 Å². The highest BCUT2D eigenvalue weighted by Gasteiger charge is 2.37. The van der Waals surface area contributed by atoms with Crippen molar-refractivity contribution in [2.75, 3.05) is 19.7 Å². The third kappa shape index (κ3) is 3.23. The fourth-order valence-corrected chi connectivity index (χ4v) is 4.17. The van der Waals surface area contributed by atoms with Crippen molar-refractivity contribution in [3.05, 3.63) is 64.7 Å². The average Bonchev–Trinajstić information content (AvgIpc) is 3.00. The number of nitrogens with zero attached hydrogens (tertiary/aromatic N) is 1. The Morgan fingerprint density at radius 1 is 1.08 bits per heavy atom. The minimum absolute atomic E-state index is 0.0444. The maximum absolute atomic E-state index is 12.8. The molecule has 0 radical (unpaired) electrons. The predicted molar refractivity (Wildman–Crippen MR) is 104 cm³/mol. The molecule has 1 fully saturated rings. The standard InChI is InChI=1S/C23H27NO2/c1-17-6-8-18(9-7-17)15-23(2)16-26-21-14-19(10-11-20(21)23)22(25)24-12-4-3-5-13-24/h6-11,14H,3-5,12-13,15-16H2,1-2H3. The summed E-state index contributed by atoms with van der Waals surface area (Å²) in [5.41, 5.74) is 4.53. The quantitative estimate of drug-likeness (QED) is 0.816. The number of rotatable bonds is 3. The van der Waals surface area contributed by atoms with Gasteiger partial charge in [0.15, 0.2) is 0 Å². The second-order valence-corrected chi connectivity index (χ2v) is 8.08. The van der Waals surface area contributed by atoms with E-state index < -0.39 is 0 Å². The van der Waals surface area contributed by atoms with Crippen molar-refractivity contribution >= 4 is 5.91 Å². The van der Waals surface area contributed by atoms with E-state index in [4.69, 9.17) is 4.74 Å². The van der Waals surface area contributed by atoms with Crippen LogP contribution in [0.3, 0.4) is 0 Å². The van der Waals surface area contributed by atoms with E-state index in [-0.39, 0.29) is 11.3 Å². The Morgan fingerprint density at radius 3 is 2.54 bits per heavy atom. The summed E-state index contributed by atoms with van der Waals surface area (Å²) in [6.45, 7) is 6.78. The third-order valence-electron chi connectivity index (χ3n) is 5.78. The number of carbonyl (C=O) groups is 1. The first-order valence-corrected chi connectivity index (χ1v) is 9.67. The van der Waals surface area contributed by atoms with Gasteiger partial charge >= 0.3 is 0 Å². The molecule has 4 rings (SSSR count). The highest BCUT2D eigenvalue weighted by atomic mass is 16.5. The lowest BCUT2D eigenvalue weighted by atomic mass is 9.79. The Hall–Kier alpha value is -2.29. The predicted octanol–water partition coefficient (Wildman–Crippen LogP) is 4.51. The van der Waals surface area contributed by atoms with E-state index in [2.05, 4.69) is 44.2 Å². The van der Waals surface area contributed by atoms with Gasteiger partial charge in [-0.05, 0) is 50.3 Å². The van der Waals surface area contributed by atoms with Crippen LogP contribution in [0.4, 0.5) is 0 Å². The first-order chi connectivity index (χ1) is 12.5. The first kappa shape index (κ1) is 17.1. The molecule has 2 aliphatic rings. The van der Waals surface area contributed by atoms with Crippen LogP contribution in [-0.2, 0) is 11.8 Å². The molecule has 0 bridgehead atoms. The summed E-state index contributed by atoms with van der Waals surface area (Å²) >= 11 is 0. The van der Waals surface area contributed by atoms with Gasteiger partial charge in [-0.1, -0.05) is 42.8 Å². The van der Waals surface area contributed by atoms with Crippen molar-refractivity contribution in [1.82, 2.24) is 4.90 Å². The molecule has 2 aromatic rings. The molecule has 0 aromatic heterocycles. The van der Waals surface area contributed by atoms with Crippen molar-refractivity contribution in [3.8, 4) is 5.75 Å². The van der Waals surface area contributed by atoms with E-state index in [0.29, 0.717) is 6.61 Å². The Labute approximate surface area is 156 Å². The molecule has 3 nitrogen and oxygen atoms in total. The largest absolute Gasteiger partial charge is 0.492 e. The molecule has 0 N–H and O–H groups in total. The van der Waals surface area contributed by atoms with Gasteiger partial charge in [0.05, 0.1) is 6.61 Å². The number of carbonyl (C=O) groups excluding carboxylic acids is 1. The molecule has 1 amide bonds. The molecular formula is C23H27NO2. The van der Waals surface area contributed by atoms with Crippen molar-refractivity contribution < 1.29 is 9.53 Å². The fourth-order valence-electron chi connectivity index (χ4n) is 4.17. The highest BCUT2D eigenvalue weighted by Crippen LogP contribution is 2.41. The van der Waals surface area contributed by atoms with E-state index >= 15 is 0 Å². The zero-order chi connectivity index (χ0) is 18.1. The number of ether oxygens (including phenoxy) is 1. The van der Waals surface area contributed by atoms with E-state index in [1.54, 1.807) is 0 Å². The Kier molecular flexibility index (Phi) is 4.47. The van der Waals surface area contributed by atoms with Gasteiger partial charge < -0.3 is 9.64 Å². The maximum Gasteiger partial charge on any atom is 0.253 e. The van der Waals surface area contributed by atoms with Crippen LogP contribution in [0.2, 0.25) is 0 Å². The van der Waals surface area contributed by atoms with Crippen LogP contribution in [-0.4, -0.2) is 30.5 Å². The average molecular weight is 349 g/mol. The fraction of sp³-hybridized carbons (Fsp3) is 0.435. The van der Waals surface area contributed by atoms with E-state index in [1.807, 2.05) is 17.0 Å². The molecule has 0 aliphatic carbocycles. The van der Waals surface area contributed by atoms with Crippen LogP contribution < -0.4 is 4.74 Å². The first-order valence-electron chi connectivity index (χ1n) is 9.67. The monoisotopic (exact) mass is 349 g/mol. The van der Waals surface area contributed by atoms with Gasteiger partial charge in [-0.15, -0.1) is 0 Å².